The molecule has 0 spiro atoms. The number of fused-ring (bicyclic) bond motifs is 1. The van der Waals surface area contributed by atoms with Crippen LogP contribution in [-0.2, 0) is 14.8 Å². The molecule has 4 rings (SSSR count). The van der Waals surface area contributed by atoms with Gasteiger partial charge in [0.1, 0.15) is 10.0 Å². The molecule has 1 N–H and O–H groups in total. The monoisotopic (exact) mass is 450 g/mol. The van der Waals surface area contributed by atoms with E-state index in [-0.39, 0.29) is 34.5 Å². The Kier molecular flexibility index (Phi) is 5.56. The Balaban J connectivity index is 1.44. The van der Waals surface area contributed by atoms with Crippen LogP contribution in [0.15, 0.2) is 46.9 Å². The standard InChI is InChI=1S/C19H19ClN4O3S2/c1-12-8-13(19(25)23-14-2-4-17-16(9-14)22-11-28-17)6-7-24(12)29(26,27)15-3-5-18(20)21-10-15/h2-5,9-13H,6-8H2,1H3,(H,23,25)/t12-,13+/m1/s1. The maximum Gasteiger partial charge on any atom is 0.244 e. The van der Waals surface area contributed by atoms with Crippen LogP contribution >= 0.6 is 22.9 Å². The molecule has 0 unspecified atom stereocenters. The van der Waals surface area contributed by atoms with Crippen LogP contribution in [0.1, 0.15) is 19.8 Å². The van der Waals surface area contributed by atoms with E-state index in [1.165, 1.54) is 22.6 Å². The number of hydrogen-bond acceptors (Lipinski definition) is 6. The van der Waals surface area contributed by atoms with E-state index in [9.17, 15) is 13.2 Å². The number of carbonyl (C=O) groups is 1. The number of hydrogen-bond donors (Lipinski definition) is 1. The van der Waals surface area contributed by atoms with Crippen LogP contribution in [0.4, 0.5) is 5.69 Å². The van der Waals surface area contributed by atoms with Crippen LogP contribution in [0.2, 0.25) is 5.15 Å². The summed E-state index contributed by atoms with van der Waals surface area (Å²) in [6, 6.07) is 8.24. The van der Waals surface area contributed by atoms with Crippen molar-refractivity contribution >= 4 is 54.8 Å². The van der Waals surface area contributed by atoms with Crippen molar-refractivity contribution in [3.63, 3.8) is 0 Å². The van der Waals surface area contributed by atoms with E-state index in [2.05, 4.69) is 15.3 Å². The molecular weight excluding hydrogens is 432 g/mol. The van der Waals surface area contributed by atoms with E-state index < -0.39 is 10.0 Å². The quantitative estimate of drug-likeness (QED) is 0.611. The number of rotatable bonds is 4. The average Bonchev–Trinajstić information content (AvgIpc) is 3.16. The van der Waals surface area contributed by atoms with Crippen LogP contribution in [0, 0.1) is 5.92 Å². The first-order valence-corrected chi connectivity index (χ1v) is 11.8. The third-order valence-electron chi connectivity index (χ3n) is 5.09. The number of sulfonamides is 1. The number of nitrogens with zero attached hydrogens (tertiary/aromatic N) is 3. The molecule has 1 aliphatic heterocycles. The highest BCUT2D eigenvalue weighted by molar-refractivity contribution is 7.89. The number of amides is 1. The van der Waals surface area contributed by atoms with Crippen molar-refractivity contribution in [2.45, 2.75) is 30.7 Å². The highest BCUT2D eigenvalue weighted by Crippen LogP contribution is 2.30. The zero-order valence-electron chi connectivity index (χ0n) is 15.6. The van der Waals surface area contributed by atoms with E-state index in [4.69, 9.17) is 11.6 Å². The lowest BCUT2D eigenvalue weighted by Gasteiger charge is -2.36. The Morgan fingerprint density at radius 1 is 1.28 bits per heavy atom. The van der Waals surface area contributed by atoms with Crippen LogP contribution in [0.25, 0.3) is 10.2 Å². The number of thiazole rings is 1. The minimum absolute atomic E-state index is 0.100. The minimum Gasteiger partial charge on any atom is -0.326 e. The molecule has 3 heterocycles. The van der Waals surface area contributed by atoms with Crippen molar-refractivity contribution < 1.29 is 13.2 Å². The molecule has 3 aromatic rings. The fraction of sp³-hybridized carbons (Fsp3) is 0.316. The summed E-state index contributed by atoms with van der Waals surface area (Å²) in [5.41, 5.74) is 3.31. The van der Waals surface area contributed by atoms with Gasteiger partial charge < -0.3 is 5.32 Å². The molecule has 0 saturated carbocycles. The summed E-state index contributed by atoms with van der Waals surface area (Å²) < 4.78 is 28.3. The van der Waals surface area contributed by atoms with Gasteiger partial charge >= 0.3 is 0 Å². The van der Waals surface area contributed by atoms with Crippen molar-refractivity contribution in [2.24, 2.45) is 5.92 Å². The van der Waals surface area contributed by atoms with E-state index in [0.29, 0.717) is 18.5 Å². The van der Waals surface area contributed by atoms with Crippen molar-refractivity contribution in [1.82, 2.24) is 14.3 Å². The predicted molar refractivity (Wildman–Crippen MR) is 114 cm³/mol. The summed E-state index contributed by atoms with van der Waals surface area (Å²) in [6.45, 7) is 2.09. The van der Waals surface area contributed by atoms with Gasteiger partial charge in [-0.1, -0.05) is 11.6 Å². The summed E-state index contributed by atoms with van der Waals surface area (Å²) in [4.78, 5) is 21.0. The molecule has 0 radical (unpaired) electrons. The Bertz CT molecular complexity index is 1150. The van der Waals surface area contributed by atoms with Gasteiger partial charge in [-0.05, 0) is 50.1 Å². The minimum atomic E-state index is -3.68. The third kappa shape index (κ3) is 4.13. The highest BCUT2D eigenvalue weighted by atomic mass is 35.5. The van der Waals surface area contributed by atoms with Gasteiger partial charge in [0.05, 0.1) is 15.7 Å². The van der Waals surface area contributed by atoms with Crippen LogP contribution < -0.4 is 5.32 Å². The van der Waals surface area contributed by atoms with Gasteiger partial charge in [-0.15, -0.1) is 11.3 Å². The first-order valence-electron chi connectivity index (χ1n) is 9.12. The Labute approximate surface area is 177 Å². The number of pyridine rings is 1. The zero-order valence-corrected chi connectivity index (χ0v) is 18.0. The lowest BCUT2D eigenvalue weighted by atomic mass is 9.92. The largest absolute Gasteiger partial charge is 0.326 e. The topological polar surface area (TPSA) is 92.3 Å². The van der Waals surface area contributed by atoms with Crippen molar-refractivity contribution in [2.75, 3.05) is 11.9 Å². The summed E-state index contributed by atoms with van der Waals surface area (Å²) in [6.07, 6.45) is 2.16. The summed E-state index contributed by atoms with van der Waals surface area (Å²) in [5, 5.41) is 3.18. The van der Waals surface area contributed by atoms with E-state index >= 15 is 0 Å². The second-order valence-electron chi connectivity index (χ2n) is 7.03. The van der Waals surface area contributed by atoms with Crippen molar-refractivity contribution in [3.05, 3.63) is 47.2 Å². The molecule has 0 bridgehead atoms. The first kappa shape index (κ1) is 20.2. The molecule has 7 nitrogen and oxygen atoms in total. The Hall–Kier alpha value is -2.07. The van der Waals surface area contributed by atoms with Crippen LogP contribution in [-0.4, -0.2) is 41.2 Å². The second-order valence-corrected chi connectivity index (χ2v) is 10.2. The number of benzene rings is 1. The van der Waals surface area contributed by atoms with Gasteiger partial charge in [-0.2, -0.15) is 4.31 Å². The number of aromatic nitrogens is 2. The van der Waals surface area contributed by atoms with E-state index in [0.717, 1.165) is 10.2 Å². The Morgan fingerprint density at radius 3 is 2.83 bits per heavy atom. The molecule has 1 saturated heterocycles. The molecule has 1 aromatic carbocycles. The normalized spacial score (nSPS) is 20.6. The molecular formula is C19H19ClN4O3S2. The third-order valence-corrected chi connectivity index (χ3v) is 8.12. The molecule has 29 heavy (non-hydrogen) atoms. The lowest BCUT2D eigenvalue weighted by Crippen LogP contribution is -2.46. The summed E-state index contributed by atoms with van der Waals surface area (Å²) >= 11 is 7.30. The highest BCUT2D eigenvalue weighted by Gasteiger charge is 2.37. The van der Waals surface area contributed by atoms with Crippen LogP contribution in [0.5, 0.6) is 0 Å². The second kappa shape index (κ2) is 7.98. The van der Waals surface area contributed by atoms with Crippen molar-refractivity contribution in [1.29, 1.82) is 0 Å². The molecule has 2 aromatic heterocycles. The molecule has 1 aliphatic rings. The number of carbonyl (C=O) groups excluding carboxylic acids is 1. The maximum absolute atomic E-state index is 12.9. The summed E-state index contributed by atoms with van der Waals surface area (Å²) in [7, 11) is -3.68. The van der Waals surface area contributed by atoms with Gasteiger partial charge in [0.25, 0.3) is 0 Å². The fourth-order valence-corrected chi connectivity index (χ4v) is 5.95. The van der Waals surface area contributed by atoms with Gasteiger partial charge in [0.2, 0.25) is 15.9 Å². The van der Waals surface area contributed by atoms with Crippen molar-refractivity contribution in [3.8, 4) is 0 Å². The molecule has 152 valence electrons. The number of anilines is 1. The molecule has 10 heteroatoms. The van der Waals surface area contributed by atoms with E-state index in [1.54, 1.807) is 16.8 Å². The Morgan fingerprint density at radius 2 is 2.10 bits per heavy atom. The van der Waals surface area contributed by atoms with Gasteiger partial charge in [-0.25, -0.2) is 18.4 Å². The number of halogens is 1. The number of nitrogens with one attached hydrogen (secondary N) is 1. The fourth-order valence-electron chi connectivity index (χ4n) is 3.58. The van der Waals surface area contributed by atoms with Crippen LogP contribution in [0.3, 0.4) is 0 Å². The van der Waals surface area contributed by atoms with Gasteiger partial charge in [0, 0.05) is 30.4 Å². The maximum atomic E-state index is 12.9. The smallest absolute Gasteiger partial charge is 0.244 e. The first-order chi connectivity index (χ1) is 13.8. The van der Waals surface area contributed by atoms with Gasteiger partial charge in [-0.3, -0.25) is 4.79 Å². The predicted octanol–water partition coefficient (Wildman–Crippen LogP) is 3.77. The lowest BCUT2D eigenvalue weighted by molar-refractivity contribution is -0.121. The molecule has 1 fully saturated rings. The average molecular weight is 451 g/mol. The van der Waals surface area contributed by atoms with E-state index in [1.807, 2.05) is 25.1 Å². The SMILES string of the molecule is C[C@@H]1C[C@@H](C(=O)Nc2ccc3scnc3c2)CCN1S(=O)(=O)c1ccc(Cl)nc1. The van der Waals surface area contributed by atoms with Gasteiger partial charge in [0.15, 0.2) is 0 Å². The zero-order chi connectivity index (χ0) is 20.6. The molecule has 2 atom stereocenters. The number of piperidine rings is 1. The molecule has 0 aliphatic carbocycles. The summed E-state index contributed by atoms with van der Waals surface area (Å²) in [5.74, 6) is -0.359. The molecule has 1 amide bonds.